The maximum Gasteiger partial charge on any atom is 0.0964 e. The lowest BCUT2D eigenvalue weighted by molar-refractivity contribution is 0.148. The first-order chi connectivity index (χ1) is 8.21. The van der Waals surface area contributed by atoms with Gasteiger partial charge in [0.25, 0.3) is 0 Å². The summed E-state index contributed by atoms with van der Waals surface area (Å²) in [7, 11) is -2.18. The molecule has 0 spiro atoms. The minimum atomic E-state index is -2.18. The molecule has 0 aromatic carbocycles. The molecule has 114 valence electrons. The van der Waals surface area contributed by atoms with E-state index in [1.54, 1.807) is 0 Å². The van der Waals surface area contributed by atoms with Crippen molar-refractivity contribution in [1.82, 2.24) is 0 Å². The van der Waals surface area contributed by atoms with Gasteiger partial charge >= 0.3 is 0 Å². The van der Waals surface area contributed by atoms with E-state index in [2.05, 4.69) is 62.3 Å². The Morgan fingerprint density at radius 3 is 1.63 bits per heavy atom. The molecule has 1 aliphatic heterocycles. The molecule has 19 heavy (non-hydrogen) atoms. The highest BCUT2D eigenvalue weighted by atomic mass is 31.2. The quantitative estimate of drug-likeness (QED) is 0.498. The second-order valence-electron chi connectivity index (χ2n) is 9.62. The summed E-state index contributed by atoms with van der Waals surface area (Å²) in [6.45, 7) is 20.4. The van der Waals surface area contributed by atoms with Crippen molar-refractivity contribution >= 4 is 7.14 Å². The molecule has 1 heterocycles. The Morgan fingerprint density at radius 1 is 0.842 bits per heavy atom. The lowest BCUT2D eigenvalue weighted by Gasteiger charge is -2.54. The molecule has 2 heteroatoms. The minimum Gasteiger partial charge on any atom is -0.323 e. The molecule has 0 radical (unpaired) electrons. The lowest BCUT2D eigenvalue weighted by atomic mass is 9.69. The Morgan fingerprint density at radius 2 is 1.32 bits per heavy atom. The SMILES string of the molecule is CC(C)(C)[C@H]1[C@@H](C(C)(C)C)CCC[P@]1(=O)C(C)(C)C. The first-order valence-electron chi connectivity index (χ1n) is 7.80. The van der Waals surface area contributed by atoms with Gasteiger partial charge in [0.2, 0.25) is 0 Å². The molecule has 0 aromatic rings. The van der Waals surface area contributed by atoms with Crippen molar-refractivity contribution in [1.29, 1.82) is 0 Å². The Bertz CT molecular complexity index is 362. The van der Waals surface area contributed by atoms with E-state index < -0.39 is 7.14 Å². The molecule has 0 amide bonds. The third-order valence-corrected chi connectivity index (χ3v) is 10.3. The van der Waals surface area contributed by atoms with Crippen molar-refractivity contribution in [2.45, 2.75) is 86.0 Å². The molecule has 0 aromatic heterocycles. The van der Waals surface area contributed by atoms with Gasteiger partial charge in [-0.15, -0.1) is 0 Å². The Balaban J connectivity index is 3.38. The number of hydrogen-bond donors (Lipinski definition) is 0. The molecule has 1 aliphatic rings. The van der Waals surface area contributed by atoms with E-state index in [0.717, 1.165) is 12.6 Å². The van der Waals surface area contributed by atoms with Gasteiger partial charge in [0.15, 0.2) is 0 Å². The Labute approximate surface area is 121 Å². The van der Waals surface area contributed by atoms with E-state index in [0.29, 0.717) is 11.6 Å². The molecule has 1 fully saturated rings. The van der Waals surface area contributed by atoms with Crippen LogP contribution in [0, 0.1) is 16.7 Å². The Kier molecular flexibility index (Phi) is 4.46. The average molecular weight is 286 g/mol. The third kappa shape index (κ3) is 3.29. The maximum absolute atomic E-state index is 13.9. The third-order valence-electron chi connectivity index (χ3n) is 4.97. The van der Waals surface area contributed by atoms with Gasteiger partial charge in [0, 0.05) is 17.0 Å². The highest BCUT2D eigenvalue weighted by Crippen LogP contribution is 2.71. The van der Waals surface area contributed by atoms with Gasteiger partial charge in [-0.05, 0) is 29.6 Å². The van der Waals surface area contributed by atoms with Gasteiger partial charge in [-0.25, -0.2) is 0 Å². The molecule has 0 saturated carbocycles. The van der Waals surface area contributed by atoms with Crippen LogP contribution in [-0.4, -0.2) is 17.0 Å². The summed E-state index contributed by atoms with van der Waals surface area (Å²) >= 11 is 0. The van der Waals surface area contributed by atoms with Crippen LogP contribution in [-0.2, 0) is 4.57 Å². The number of rotatable bonds is 0. The van der Waals surface area contributed by atoms with Gasteiger partial charge < -0.3 is 4.57 Å². The predicted molar refractivity (Wildman–Crippen MR) is 87.6 cm³/mol. The highest BCUT2D eigenvalue weighted by molar-refractivity contribution is 7.66. The molecule has 1 rings (SSSR count). The zero-order chi connectivity index (χ0) is 15.3. The van der Waals surface area contributed by atoms with Crippen LogP contribution in [0.3, 0.4) is 0 Å². The molecule has 0 aliphatic carbocycles. The second-order valence-corrected chi connectivity index (χ2v) is 13.6. The first kappa shape index (κ1) is 17.3. The van der Waals surface area contributed by atoms with Crippen LogP contribution in [0.1, 0.15) is 75.2 Å². The predicted octanol–water partition coefficient (Wildman–Crippen LogP) is 6.02. The summed E-state index contributed by atoms with van der Waals surface area (Å²) in [5, 5.41) is -0.0606. The van der Waals surface area contributed by atoms with Crippen LogP contribution in [0.5, 0.6) is 0 Å². The summed E-state index contributed by atoms with van der Waals surface area (Å²) < 4.78 is 13.9. The van der Waals surface area contributed by atoms with Crippen molar-refractivity contribution in [2.24, 2.45) is 16.7 Å². The van der Waals surface area contributed by atoms with Gasteiger partial charge in [0.1, 0.15) is 0 Å². The normalized spacial score (nSPS) is 34.4. The zero-order valence-electron chi connectivity index (χ0n) is 14.6. The van der Waals surface area contributed by atoms with E-state index in [-0.39, 0.29) is 16.0 Å². The maximum atomic E-state index is 13.9. The van der Waals surface area contributed by atoms with Crippen molar-refractivity contribution in [3.8, 4) is 0 Å². The molecular weight excluding hydrogens is 251 g/mol. The van der Waals surface area contributed by atoms with E-state index in [1.807, 2.05) is 0 Å². The summed E-state index contributed by atoms with van der Waals surface area (Å²) in [4.78, 5) is 0. The molecule has 0 bridgehead atoms. The summed E-state index contributed by atoms with van der Waals surface area (Å²) in [5.74, 6) is 0.575. The molecule has 1 nitrogen and oxygen atoms in total. The van der Waals surface area contributed by atoms with Crippen LogP contribution in [0.15, 0.2) is 0 Å². The minimum absolute atomic E-state index is 0.0606. The van der Waals surface area contributed by atoms with E-state index in [9.17, 15) is 4.57 Å². The van der Waals surface area contributed by atoms with E-state index >= 15 is 0 Å². The fourth-order valence-corrected chi connectivity index (χ4v) is 8.89. The first-order valence-corrected chi connectivity index (χ1v) is 9.76. The fourth-order valence-electron chi connectivity index (χ4n) is 4.02. The summed E-state index contributed by atoms with van der Waals surface area (Å²) in [6.07, 6.45) is 3.33. The summed E-state index contributed by atoms with van der Waals surface area (Å²) in [5.41, 5.74) is 0.731. The monoisotopic (exact) mass is 286 g/mol. The molecule has 0 N–H and O–H groups in total. The van der Waals surface area contributed by atoms with Gasteiger partial charge in [-0.2, -0.15) is 0 Å². The molecule has 3 atom stereocenters. The molecule has 0 unspecified atom stereocenters. The van der Waals surface area contributed by atoms with Crippen LogP contribution in [0.4, 0.5) is 0 Å². The zero-order valence-corrected chi connectivity index (χ0v) is 15.5. The lowest BCUT2D eigenvalue weighted by Crippen LogP contribution is -2.47. The molecule has 1 saturated heterocycles. The smallest absolute Gasteiger partial charge is 0.0964 e. The van der Waals surface area contributed by atoms with Crippen LogP contribution in [0.25, 0.3) is 0 Å². The van der Waals surface area contributed by atoms with Crippen molar-refractivity contribution in [3.05, 3.63) is 0 Å². The van der Waals surface area contributed by atoms with Gasteiger partial charge in [-0.1, -0.05) is 62.3 Å². The van der Waals surface area contributed by atoms with Crippen molar-refractivity contribution in [3.63, 3.8) is 0 Å². The van der Waals surface area contributed by atoms with Crippen LogP contribution < -0.4 is 0 Å². The van der Waals surface area contributed by atoms with Crippen molar-refractivity contribution < 1.29 is 4.57 Å². The largest absolute Gasteiger partial charge is 0.323 e. The standard InChI is InChI=1S/C17H35OP/c1-15(2,3)13-11-10-12-19(18,17(7,8)9)14(13)16(4,5)6/h13-14H,10-12H2,1-9H3/t13-,14+,19+/m0/s1. The summed E-state index contributed by atoms with van der Waals surface area (Å²) in [6, 6.07) is 0. The van der Waals surface area contributed by atoms with Crippen LogP contribution in [0.2, 0.25) is 0 Å². The van der Waals surface area contributed by atoms with Gasteiger partial charge in [0.05, 0.1) is 7.14 Å². The molecular formula is C17H35OP. The fraction of sp³-hybridized carbons (Fsp3) is 1.00. The van der Waals surface area contributed by atoms with Gasteiger partial charge in [-0.3, -0.25) is 0 Å². The topological polar surface area (TPSA) is 17.1 Å². The average Bonchev–Trinajstić information content (AvgIpc) is 2.11. The second kappa shape index (κ2) is 4.90. The van der Waals surface area contributed by atoms with E-state index in [4.69, 9.17) is 0 Å². The highest BCUT2D eigenvalue weighted by Gasteiger charge is 2.55. The van der Waals surface area contributed by atoms with E-state index in [1.165, 1.54) is 6.42 Å². The number of hydrogen-bond acceptors (Lipinski definition) is 1. The van der Waals surface area contributed by atoms with Crippen LogP contribution >= 0.6 is 7.14 Å². The Hall–Kier alpha value is 0.230. The van der Waals surface area contributed by atoms with Crippen molar-refractivity contribution in [2.75, 3.05) is 6.16 Å².